The molecule has 1 aromatic heterocycles. The van der Waals surface area contributed by atoms with Gasteiger partial charge < -0.3 is 0 Å². The zero-order valence-corrected chi connectivity index (χ0v) is 10.1. The van der Waals surface area contributed by atoms with Crippen LogP contribution < -0.4 is 0 Å². The molecule has 0 radical (unpaired) electrons. The van der Waals surface area contributed by atoms with Crippen molar-refractivity contribution in [2.24, 2.45) is 0 Å². The predicted molar refractivity (Wildman–Crippen MR) is 55.4 cm³/mol. The summed E-state index contributed by atoms with van der Waals surface area (Å²) >= 11 is 7.08. The molecule has 0 saturated heterocycles. The van der Waals surface area contributed by atoms with E-state index in [1.165, 1.54) is 4.68 Å². The summed E-state index contributed by atoms with van der Waals surface area (Å²) in [6.45, 7) is 1.88. The second-order valence-corrected chi connectivity index (χ2v) is 4.11. The highest BCUT2D eigenvalue weighted by molar-refractivity contribution is 14.1. The number of halogens is 5. The first-order chi connectivity index (χ1) is 6.38. The first-order valence-corrected chi connectivity index (χ1v) is 5.35. The normalized spacial score (nSPS) is 12.1. The van der Waals surface area contributed by atoms with E-state index in [2.05, 4.69) is 5.10 Å². The molecule has 1 heterocycles. The standard InChI is InChI=1S/C7H7ClF3IN2/c1-4-5(12)6(7(9,10)11)13-14(4)3-2-8/h2-3H2,1H3. The van der Waals surface area contributed by atoms with Crippen molar-refractivity contribution >= 4 is 34.2 Å². The third-order valence-corrected chi connectivity index (χ3v) is 3.16. The molecule has 0 spiro atoms. The Kier molecular flexibility index (Phi) is 3.68. The van der Waals surface area contributed by atoms with Crippen LogP contribution in [0, 0.1) is 10.5 Å². The molecule has 0 aliphatic heterocycles. The average molecular weight is 338 g/mol. The SMILES string of the molecule is Cc1c(I)c(C(F)(F)F)nn1CCCl. The summed E-state index contributed by atoms with van der Waals surface area (Å²) in [6, 6.07) is 0. The highest BCUT2D eigenvalue weighted by Crippen LogP contribution is 2.33. The van der Waals surface area contributed by atoms with Gasteiger partial charge in [-0.2, -0.15) is 18.3 Å². The molecule has 0 amide bonds. The van der Waals surface area contributed by atoms with Crippen molar-refractivity contribution < 1.29 is 13.2 Å². The van der Waals surface area contributed by atoms with E-state index in [0.717, 1.165) is 0 Å². The van der Waals surface area contributed by atoms with E-state index in [0.29, 0.717) is 12.2 Å². The Balaban J connectivity index is 3.15. The first-order valence-electron chi connectivity index (χ1n) is 3.74. The summed E-state index contributed by atoms with van der Waals surface area (Å²) < 4.78 is 38.5. The molecule has 0 aliphatic carbocycles. The zero-order chi connectivity index (χ0) is 10.9. The highest BCUT2D eigenvalue weighted by atomic mass is 127. The van der Waals surface area contributed by atoms with E-state index < -0.39 is 11.9 Å². The molecule has 80 valence electrons. The molecular weight excluding hydrogens is 331 g/mol. The van der Waals surface area contributed by atoms with Crippen LogP contribution in [0.5, 0.6) is 0 Å². The van der Waals surface area contributed by atoms with E-state index >= 15 is 0 Å². The second-order valence-electron chi connectivity index (χ2n) is 2.66. The Bertz CT molecular complexity index is 334. The van der Waals surface area contributed by atoms with Crippen molar-refractivity contribution in [3.63, 3.8) is 0 Å². The van der Waals surface area contributed by atoms with Gasteiger partial charge in [0.15, 0.2) is 5.69 Å². The van der Waals surface area contributed by atoms with Crippen LogP contribution in [0.15, 0.2) is 0 Å². The monoisotopic (exact) mass is 338 g/mol. The molecule has 1 rings (SSSR count). The summed E-state index contributed by atoms with van der Waals surface area (Å²) in [5, 5.41) is 3.47. The maximum atomic E-state index is 12.4. The molecule has 2 nitrogen and oxygen atoms in total. The number of hydrogen-bond donors (Lipinski definition) is 0. The molecule has 7 heteroatoms. The van der Waals surface area contributed by atoms with Crippen molar-refractivity contribution in [2.75, 3.05) is 5.88 Å². The summed E-state index contributed by atoms with van der Waals surface area (Å²) in [4.78, 5) is 0. The van der Waals surface area contributed by atoms with Crippen molar-refractivity contribution in [3.05, 3.63) is 15.0 Å². The summed E-state index contributed by atoms with van der Waals surface area (Å²) in [6.07, 6.45) is -4.39. The van der Waals surface area contributed by atoms with Gasteiger partial charge in [0.1, 0.15) is 0 Å². The summed E-state index contributed by atoms with van der Waals surface area (Å²) in [7, 11) is 0. The van der Waals surface area contributed by atoms with Crippen LogP contribution in [0.25, 0.3) is 0 Å². The lowest BCUT2D eigenvalue weighted by Crippen LogP contribution is -2.09. The van der Waals surface area contributed by atoms with Gasteiger partial charge in [-0.25, -0.2) is 0 Å². The van der Waals surface area contributed by atoms with Gasteiger partial charge in [-0.1, -0.05) is 0 Å². The third kappa shape index (κ3) is 2.33. The van der Waals surface area contributed by atoms with Gasteiger partial charge in [-0.15, -0.1) is 11.6 Å². The molecule has 0 aliphatic rings. The predicted octanol–water partition coefficient (Wildman–Crippen LogP) is 3.05. The van der Waals surface area contributed by atoms with Crippen molar-refractivity contribution in [1.82, 2.24) is 9.78 Å². The number of aromatic nitrogens is 2. The van der Waals surface area contributed by atoms with E-state index in [4.69, 9.17) is 11.6 Å². The van der Waals surface area contributed by atoms with Crippen LogP contribution in [0.1, 0.15) is 11.4 Å². The number of nitrogens with zero attached hydrogens (tertiary/aromatic N) is 2. The van der Waals surface area contributed by atoms with Crippen LogP contribution >= 0.6 is 34.2 Å². The smallest absolute Gasteiger partial charge is 0.267 e. The fraction of sp³-hybridized carbons (Fsp3) is 0.571. The van der Waals surface area contributed by atoms with Crippen molar-refractivity contribution in [3.8, 4) is 0 Å². The maximum absolute atomic E-state index is 12.4. The second kappa shape index (κ2) is 4.26. The minimum absolute atomic E-state index is 0.139. The van der Waals surface area contributed by atoms with Crippen LogP contribution in [0.2, 0.25) is 0 Å². The van der Waals surface area contributed by atoms with Crippen LogP contribution in [-0.2, 0) is 12.7 Å². The molecular formula is C7H7ClF3IN2. The van der Waals surface area contributed by atoms with Crippen LogP contribution in [0.4, 0.5) is 13.2 Å². The van der Waals surface area contributed by atoms with E-state index in [-0.39, 0.29) is 9.45 Å². The van der Waals surface area contributed by atoms with E-state index in [1.807, 2.05) is 0 Å². The molecule has 1 aromatic rings. The Labute approximate surface area is 97.6 Å². The Morgan fingerprint density at radius 2 is 2.07 bits per heavy atom. The topological polar surface area (TPSA) is 17.8 Å². The number of aryl methyl sites for hydroxylation is 1. The number of rotatable bonds is 2. The Morgan fingerprint density at radius 3 is 2.43 bits per heavy atom. The van der Waals surface area contributed by atoms with Gasteiger partial charge in [0.05, 0.1) is 10.1 Å². The zero-order valence-electron chi connectivity index (χ0n) is 7.20. The fourth-order valence-electron chi connectivity index (χ4n) is 1.00. The van der Waals surface area contributed by atoms with E-state index in [9.17, 15) is 13.2 Å². The van der Waals surface area contributed by atoms with Crippen LogP contribution in [-0.4, -0.2) is 15.7 Å². The maximum Gasteiger partial charge on any atom is 0.436 e. The van der Waals surface area contributed by atoms with Gasteiger partial charge in [0, 0.05) is 11.6 Å². The third-order valence-electron chi connectivity index (χ3n) is 1.70. The lowest BCUT2D eigenvalue weighted by molar-refractivity contribution is -0.142. The molecule has 0 aromatic carbocycles. The molecule has 0 N–H and O–H groups in total. The van der Waals surface area contributed by atoms with Gasteiger partial charge >= 0.3 is 6.18 Å². The number of alkyl halides is 4. The van der Waals surface area contributed by atoms with Gasteiger partial charge in [0.25, 0.3) is 0 Å². The lowest BCUT2D eigenvalue weighted by atomic mass is 10.4. The Morgan fingerprint density at radius 1 is 1.50 bits per heavy atom. The van der Waals surface area contributed by atoms with Crippen LogP contribution in [0.3, 0.4) is 0 Å². The molecule has 0 atom stereocenters. The Hall–Kier alpha value is 0.0200. The summed E-state index contributed by atoms with van der Waals surface area (Å²) in [5.74, 6) is 0.246. The fourth-order valence-corrected chi connectivity index (χ4v) is 1.86. The molecule has 0 bridgehead atoms. The van der Waals surface area contributed by atoms with Gasteiger partial charge in [-0.3, -0.25) is 4.68 Å². The van der Waals surface area contributed by atoms with Crippen molar-refractivity contribution in [2.45, 2.75) is 19.6 Å². The minimum Gasteiger partial charge on any atom is -0.267 e. The largest absolute Gasteiger partial charge is 0.436 e. The highest BCUT2D eigenvalue weighted by Gasteiger charge is 2.37. The summed E-state index contributed by atoms with van der Waals surface area (Å²) in [5.41, 5.74) is -0.334. The van der Waals surface area contributed by atoms with Gasteiger partial charge in [-0.05, 0) is 29.5 Å². The average Bonchev–Trinajstić information content (AvgIpc) is 2.32. The van der Waals surface area contributed by atoms with Gasteiger partial charge in [0.2, 0.25) is 0 Å². The molecule has 14 heavy (non-hydrogen) atoms. The van der Waals surface area contributed by atoms with E-state index in [1.54, 1.807) is 29.5 Å². The van der Waals surface area contributed by atoms with Crippen molar-refractivity contribution in [1.29, 1.82) is 0 Å². The lowest BCUT2D eigenvalue weighted by Gasteiger charge is -2.01. The molecule has 0 fully saturated rings. The molecule has 0 saturated carbocycles. The molecule has 0 unspecified atom stereocenters. The first kappa shape index (κ1) is 12.1. The number of hydrogen-bond acceptors (Lipinski definition) is 1. The minimum atomic E-state index is -4.39. The quantitative estimate of drug-likeness (QED) is 0.599.